The lowest BCUT2D eigenvalue weighted by atomic mass is 10.0. The third-order valence-electron chi connectivity index (χ3n) is 5.48. The maximum atomic E-state index is 13.0. The van der Waals surface area contributed by atoms with Crippen LogP contribution in [0.15, 0.2) is 36.4 Å². The molecule has 1 aromatic heterocycles. The summed E-state index contributed by atoms with van der Waals surface area (Å²) in [6.07, 6.45) is 2.91. The molecule has 29 heavy (non-hydrogen) atoms. The second-order valence-corrected chi connectivity index (χ2v) is 7.51. The van der Waals surface area contributed by atoms with Crippen LogP contribution in [0.2, 0.25) is 0 Å². The molecule has 0 spiro atoms. The fourth-order valence-electron chi connectivity index (χ4n) is 3.80. The molecule has 2 aliphatic rings. The predicted molar refractivity (Wildman–Crippen MR) is 107 cm³/mol. The minimum atomic E-state index is -0.477. The van der Waals surface area contributed by atoms with Crippen molar-refractivity contribution >= 4 is 23.2 Å². The van der Waals surface area contributed by atoms with E-state index in [2.05, 4.69) is 5.32 Å². The Kier molecular flexibility index (Phi) is 5.58. The Morgan fingerprint density at radius 3 is 2.72 bits per heavy atom. The third kappa shape index (κ3) is 4.15. The van der Waals surface area contributed by atoms with Crippen molar-refractivity contribution in [3.63, 3.8) is 0 Å². The summed E-state index contributed by atoms with van der Waals surface area (Å²) in [4.78, 5) is 31.9. The summed E-state index contributed by atoms with van der Waals surface area (Å²) < 4.78 is 18.6. The van der Waals surface area contributed by atoms with Crippen molar-refractivity contribution in [1.82, 2.24) is 4.98 Å². The van der Waals surface area contributed by atoms with Gasteiger partial charge in [-0.05, 0) is 69.0 Å². The van der Waals surface area contributed by atoms with Crippen molar-refractivity contribution in [2.24, 2.45) is 0 Å². The Morgan fingerprint density at radius 2 is 2.00 bits per heavy atom. The molecule has 3 heterocycles. The van der Waals surface area contributed by atoms with Gasteiger partial charge < -0.3 is 15.0 Å². The number of nitrogens with zero attached hydrogens (tertiary/aromatic N) is 2. The number of aryl methyl sites for hydroxylation is 1. The van der Waals surface area contributed by atoms with Gasteiger partial charge in [0.1, 0.15) is 11.9 Å². The number of rotatable bonds is 4. The highest BCUT2D eigenvalue weighted by atomic mass is 19.1. The molecule has 6 nitrogen and oxygen atoms in total. The molecule has 2 amide bonds. The number of aromatic nitrogens is 1. The first-order valence-corrected chi connectivity index (χ1v) is 10.0. The molecule has 0 unspecified atom stereocenters. The van der Waals surface area contributed by atoms with E-state index in [1.165, 1.54) is 24.3 Å². The average molecular weight is 397 g/mol. The number of anilines is 2. The summed E-state index contributed by atoms with van der Waals surface area (Å²) >= 11 is 0. The van der Waals surface area contributed by atoms with Gasteiger partial charge in [-0.15, -0.1) is 0 Å². The molecule has 7 heteroatoms. The van der Waals surface area contributed by atoms with Crippen molar-refractivity contribution in [2.75, 3.05) is 23.4 Å². The second kappa shape index (κ2) is 8.29. The monoisotopic (exact) mass is 397 g/mol. The molecule has 1 saturated heterocycles. The molecular weight excluding hydrogens is 373 g/mol. The molecule has 0 bridgehead atoms. The maximum absolute atomic E-state index is 13.0. The lowest BCUT2D eigenvalue weighted by molar-refractivity contribution is -0.127. The van der Waals surface area contributed by atoms with Crippen LogP contribution in [-0.2, 0) is 20.7 Å². The summed E-state index contributed by atoms with van der Waals surface area (Å²) in [7, 11) is 0. The van der Waals surface area contributed by atoms with Gasteiger partial charge in [-0.25, -0.2) is 4.39 Å². The number of halogens is 1. The number of pyridine rings is 1. The first kappa shape index (κ1) is 19.5. The zero-order valence-electron chi connectivity index (χ0n) is 16.4. The molecule has 2 aliphatic heterocycles. The van der Waals surface area contributed by atoms with Crippen molar-refractivity contribution in [1.29, 1.82) is 0 Å². The number of hydrogen-bond donors (Lipinski definition) is 1. The van der Waals surface area contributed by atoms with Crippen LogP contribution in [0, 0.1) is 5.82 Å². The number of amides is 2. The number of hydrogen-bond acceptors (Lipinski definition) is 4. The van der Waals surface area contributed by atoms with E-state index in [0.29, 0.717) is 24.5 Å². The number of carbonyl (C=O) groups excluding carboxylic acids is 2. The summed E-state index contributed by atoms with van der Waals surface area (Å²) in [5.41, 5.74) is 2.83. The minimum Gasteiger partial charge on any atom is -0.368 e. The Bertz CT molecular complexity index is 910. The SMILES string of the molecule is C[C@@H](C(=O)Nc1ccc(F)cc1)c1ccc2c(n1)CCCN2C(=O)[C@H]1CCCO1. The first-order chi connectivity index (χ1) is 14.0. The topological polar surface area (TPSA) is 71.5 Å². The molecule has 0 aliphatic carbocycles. The number of benzene rings is 1. The van der Waals surface area contributed by atoms with Crippen LogP contribution in [0.25, 0.3) is 0 Å². The molecular formula is C22H24FN3O3. The van der Waals surface area contributed by atoms with Gasteiger partial charge in [-0.1, -0.05) is 0 Å². The van der Waals surface area contributed by atoms with Crippen molar-refractivity contribution in [3.8, 4) is 0 Å². The average Bonchev–Trinajstić information content (AvgIpc) is 3.28. The largest absolute Gasteiger partial charge is 0.368 e. The van der Waals surface area contributed by atoms with Gasteiger partial charge in [0.25, 0.3) is 5.91 Å². The van der Waals surface area contributed by atoms with Crippen molar-refractivity contribution in [2.45, 2.75) is 44.6 Å². The van der Waals surface area contributed by atoms with Gasteiger partial charge in [0.05, 0.1) is 23.0 Å². The highest BCUT2D eigenvalue weighted by molar-refractivity contribution is 5.98. The quantitative estimate of drug-likeness (QED) is 0.858. The fraction of sp³-hybridized carbons (Fsp3) is 0.409. The lowest BCUT2D eigenvalue weighted by Gasteiger charge is -2.31. The molecule has 1 fully saturated rings. The van der Waals surface area contributed by atoms with E-state index in [9.17, 15) is 14.0 Å². The standard InChI is InChI=1S/C22H24FN3O3/c1-14(21(27)24-16-8-6-15(23)7-9-16)17-10-11-19-18(25-17)4-2-12-26(19)22(28)20-5-3-13-29-20/h6-11,14,20H,2-5,12-13H2,1H3,(H,24,27)/t14-,20-/m1/s1. The normalized spacial score (nSPS) is 19.5. The van der Waals surface area contributed by atoms with E-state index in [4.69, 9.17) is 9.72 Å². The molecule has 0 saturated carbocycles. The van der Waals surface area contributed by atoms with Crippen molar-refractivity contribution < 1.29 is 18.7 Å². The van der Waals surface area contributed by atoms with Gasteiger partial charge in [0.2, 0.25) is 5.91 Å². The molecule has 2 atom stereocenters. The van der Waals surface area contributed by atoms with Crippen LogP contribution in [0.4, 0.5) is 15.8 Å². The summed E-state index contributed by atoms with van der Waals surface area (Å²) in [5, 5.41) is 2.78. The summed E-state index contributed by atoms with van der Waals surface area (Å²) in [5.74, 6) is -1.05. The number of carbonyl (C=O) groups is 2. The lowest BCUT2D eigenvalue weighted by Crippen LogP contribution is -2.42. The highest BCUT2D eigenvalue weighted by Crippen LogP contribution is 2.30. The first-order valence-electron chi connectivity index (χ1n) is 10.0. The maximum Gasteiger partial charge on any atom is 0.256 e. The summed E-state index contributed by atoms with van der Waals surface area (Å²) in [6.45, 7) is 3.08. The number of fused-ring (bicyclic) bond motifs is 1. The zero-order valence-corrected chi connectivity index (χ0v) is 16.4. The Morgan fingerprint density at radius 1 is 1.21 bits per heavy atom. The van der Waals surface area contributed by atoms with Crippen LogP contribution in [0.1, 0.15) is 43.5 Å². The smallest absolute Gasteiger partial charge is 0.256 e. The Hall–Kier alpha value is -2.80. The minimum absolute atomic E-state index is 0.0000938. The summed E-state index contributed by atoms with van der Waals surface area (Å²) in [6, 6.07) is 9.33. The van der Waals surface area contributed by atoms with Crippen LogP contribution in [0.5, 0.6) is 0 Å². The number of ether oxygens (including phenoxy) is 1. The van der Waals surface area contributed by atoms with Gasteiger partial charge in [0, 0.05) is 18.8 Å². The fourth-order valence-corrected chi connectivity index (χ4v) is 3.80. The Labute approximate surface area is 169 Å². The second-order valence-electron chi connectivity index (χ2n) is 7.51. The van der Waals surface area contributed by atoms with Crippen LogP contribution < -0.4 is 10.2 Å². The van der Waals surface area contributed by atoms with E-state index < -0.39 is 5.92 Å². The third-order valence-corrected chi connectivity index (χ3v) is 5.48. The van der Waals surface area contributed by atoms with Crippen LogP contribution >= 0.6 is 0 Å². The van der Waals surface area contributed by atoms with Crippen molar-refractivity contribution in [3.05, 3.63) is 53.6 Å². The predicted octanol–water partition coefficient (Wildman–Crippen LogP) is 3.42. The molecule has 1 N–H and O–H groups in total. The molecule has 152 valence electrons. The van der Waals surface area contributed by atoms with E-state index in [0.717, 1.165) is 37.1 Å². The van der Waals surface area contributed by atoms with Crippen LogP contribution in [-0.4, -0.2) is 36.1 Å². The molecule has 0 radical (unpaired) electrons. The highest BCUT2D eigenvalue weighted by Gasteiger charge is 2.32. The molecule has 1 aromatic carbocycles. The zero-order chi connectivity index (χ0) is 20.4. The van der Waals surface area contributed by atoms with E-state index in [1.54, 1.807) is 17.9 Å². The van der Waals surface area contributed by atoms with Crippen LogP contribution in [0.3, 0.4) is 0 Å². The van der Waals surface area contributed by atoms with E-state index in [1.807, 2.05) is 6.07 Å². The molecule has 2 aromatic rings. The molecule has 4 rings (SSSR count). The Balaban J connectivity index is 1.50. The van der Waals surface area contributed by atoms with E-state index >= 15 is 0 Å². The number of nitrogens with one attached hydrogen (secondary N) is 1. The van der Waals surface area contributed by atoms with E-state index in [-0.39, 0.29) is 23.7 Å². The van der Waals surface area contributed by atoms with Gasteiger partial charge in [-0.3, -0.25) is 14.6 Å². The van der Waals surface area contributed by atoms with Gasteiger partial charge in [-0.2, -0.15) is 0 Å². The van der Waals surface area contributed by atoms with Gasteiger partial charge >= 0.3 is 0 Å². The van der Waals surface area contributed by atoms with Gasteiger partial charge in [0.15, 0.2) is 0 Å².